The Morgan fingerprint density at radius 1 is 1.10 bits per heavy atom. The maximum Gasteiger partial charge on any atom is 0.416 e. The molecule has 0 saturated carbocycles. The molecule has 2 aliphatic heterocycles. The van der Waals surface area contributed by atoms with Gasteiger partial charge in [-0.15, -0.1) is 0 Å². The minimum atomic E-state index is -4.53. The molecule has 0 aliphatic carbocycles. The molecular weight excluding hydrogens is 398 g/mol. The van der Waals surface area contributed by atoms with Gasteiger partial charge in [-0.25, -0.2) is 4.68 Å². The average molecular weight is 414 g/mol. The Morgan fingerprint density at radius 2 is 1.83 bits per heavy atom. The van der Waals surface area contributed by atoms with Crippen molar-refractivity contribution in [2.45, 2.75) is 37.2 Å². The summed E-state index contributed by atoms with van der Waals surface area (Å²) in [6.45, 7) is 3.93. The van der Waals surface area contributed by atoms with E-state index in [2.05, 4.69) is 16.7 Å². The molecule has 3 heterocycles. The van der Waals surface area contributed by atoms with Gasteiger partial charge in [0.05, 0.1) is 16.9 Å². The van der Waals surface area contributed by atoms with Crippen LogP contribution in [0, 0.1) is 0 Å². The monoisotopic (exact) mass is 414 g/mol. The second kappa shape index (κ2) is 6.36. The van der Waals surface area contributed by atoms with Crippen molar-refractivity contribution in [2.75, 3.05) is 11.9 Å². The van der Waals surface area contributed by atoms with Crippen LogP contribution in [0.2, 0.25) is 0 Å². The Bertz CT molecular complexity index is 1000. The maximum absolute atomic E-state index is 13.2. The average Bonchev–Trinajstić information content (AvgIpc) is 3.10. The van der Waals surface area contributed by atoms with E-state index in [9.17, 15) is 26.3 Å². The highest BCUT2D eigenvalue weighted by molar-refractivity contribution is 5.85. The van der Waals surface area contributed by atoms with E-state index in [1.807, 2.05) is 0 Å². The van der Waals surface area contributed by atoms with Crippen LogP contribution < -0.4 is 4.90 Å². The lowest BCUT2D eigenvalue weighted by Gasteiger charge is -2.30. The minimum absolute atomic E-state index is 0.195. The molecule has 0 radical (unpaired) electrons. The standard InChI is InChI=1S/C19H16F6N4/c1-10-13-4-3-12(18(20,21)22)8-15(13)29-17(28(10)2)9-14(27-29)11-5-6-26-16(7-11)19(23,24)25/h3-4,6,8-9,11,16H,1,5,7H2,2H3. The van der Waals surface area contributed by atoms with Gasteiger partial charge >= 0.3 is 12.4 Å². The van der Waals surface area contributed by atoms with E-state index < -0.39 is 29.9 Å². The van der Waals surface area contributed by atoms with Gasteiger partial charge in [0.1, 0.15) is 11.9 Å². The molecule has 4 nitrogen and oxygen atoms in total. The number of rotatable bonds is 1. The predicted molar refractivity (Wildman–Crippen MR) is 96.3 cm³/mol. The molecule has 4 rings (SSSR count). The number of aromatic nitrogens is 2. The fourth-order valence-electron chi connectivity index (χ4n) is 3.65. The van der Waals surface area contributed by atoms with Crippen LogP contribution in [0.25, 0.3) is 11.4 Å². The molecule has 154 valence electrons. The fraction of sp³-hybridized carbons (Fsp3) is 0.368. The van der Waals surface area contributed by atoms with Gasteiger partial charge in [-0.3, -0.25) is 4.99 Å². The highest BCUT2D eigenvalue weighted by Crippen LogP contribution is 2.42. The van der Waals surface area contributed by atoms with E-state index >= 15 is 0 Å². The van der Waals surface area contributed by atoms with E-state index in [0.717, 1.165) is 12.1 Å². The van der Waals surface area contributed by atoms with E-state index in [-0.39, 0.29) is 18.5 Å². The number of benzene rings is 1. The molecule has 0 spiro atoms. The molecule has 29 heavy (non-hydrogen) atoms. The molecule has 2 atom stereocenters. The number of hydrogen-bond donors (Lipinski definition) is 0. The molecule has 10 heteroatoms. The molecule has 1 aromatic heterocycles. The summed E-state index contributed by atoms with van der Waals surface area (Å²) in [6, 6.07) is 3.07. The lowest BCUT2D eigenvalue weighted by Crippen LogP contribution is -2.31. The van der Waals surface area contributed by atoms with E-state index in [1.165, 1.54) is 17.0 Å². The minimum Gasteiger partial charge on any atom is -0.329 e. The summed E-state index contributed by atoms with van der Waals surface area (Å²) in [5, 5.41) is 4.38. The van der Waals surface area contributed by atoms with Gasteiger partial charge in [0.15, 0.2) is 0 Å². The molecule has 0 fully saturated rings. The first-order valence-corrected chi connectivity index (χ1v) is 8.79. The van der Waals surface area contributed by atoms with Gasteiger partial charge in [-0.05, 0) is 25.0 Å². The third kappa shape index (κ3) is 3.30. The second-order valence-corrected chi connectivity index (χ2v) is 7.13. The summed E-state index contributed by atoms with van der Waals surface area (Å²) in [5.41, 5.74) is 0.692. The van der Waals surface area contributed by atoms with Crippen molar-refractivity contribution < 1.29 is 26.3 Å². The van der Waals surface area contributed by atoms with Crippen molar-refractivity contribution >= 4 is 17.7 Å². The van der Waals surface area contributed by atoms with Crippen LogP contribution in [0.1, 0.15) is 35.6 Å². The third-order valence-corrected chi connectivity index (χ3v) is 5.30. The normalized spacial score (nSPS) is 21.9. The summed E-state index contributed by atoms with van der Waals surface area (Å²) in [4.78, 5) is 5.18. The molecule has 0 saturated heterocycles. The summed E-state index contributed by atoms with van der Waals surface area (Å²) >= 11 is 0. The van der Waals surface area contributed by atoms with Crippen LogP contribution in [0.4, 0.5) is 32.2 Å². The van der Waals surface area contributed by atoms with Gasteiger partial charge in [0, 0.05) is 36.5 Å². The molecule has 0 bridgehead atoms. The lowest BCUT2D eigenvalue weighted by atomic mass is 9.91. The zero-order chi connectivity index (χ0) is 21.1. The van der Waals surface area contributed by atoms with Gasteiger partial charge in [0.25, 0.3) is 0 Å². The Kier molecular flexibility index (Phi) is 4.29. The number of alkyl halides is 6. The number of hydrogen-bond acceptors (Lipinski definition) is 3. The first kappa shape index (κ1) is 19.5. The molecule has 2 unspecified atom stereocenters. The number of anilines is 1. The first-order valence-electron chi connectivity index (χ1n) is 8.79. The Morgan fingerprint density at radius 3 is 2.48 bits per heavy atom. The zero-order valence-electron chi connectivity index (χ0n) is 15.2. The van der Waals surface area contributed by atoms with Gasteiger partial charge in [-0.1, -0.05) is 12.6 Å². The number of nitrogens with zero attached hydrogens (tertiary/aromatic N) is 4. The van der Waals surface area contributed by atoms with Crippen molar-refractivity contribution in [1.82, 2.24) is 9.78 Å². The quantitative estimate of drug-likeness (QED) is 0.602. The summed E-state index contributed by atoms with van der Waals surface area (Å²) in [5.74, 6) is -0.0870. The fourth-order valence-corrected chi connectivity index (χ4v) is 3.65. The maximum atomic E-state index is 13.2. The van der Waals surface area contributed by atoms with Gasteiger partial charge in [-0.2, -0.15) is 31.4 Å². The lowest BCUT2D eigenvalue weighted by molar-refractivity contribution is -0.149. The molecule has 1 aromatic carbocycles. The van der Waals surface area contributed by atoms with Crippen LogP contribution in [-0.4, -0.2) is 35.3 Å². The van der Waals surface area contributed by atoms with Gasteiger partial charge < -0.3 is 4.90 Å². The Labute approximate surface area is 162 Å². The number of aliphatic imine (C=N–C) groups is 1. The van der Waals surface area contributed by atoms with Crippen LogP contribution in [0.15, 0.2) is 35.8 Å². The highest BCUT2D eigenvalue weighted by atomic mass is 19.4. The molecule has 2 aromatic rings. The van der Waals surface area contributed by atoms with Crippen LogP contribution in [0.3, 0.4) is 0 Å². The van der Waals surface area contributed by atoms with E-state index in [0.29, 0.717) is 22.8 Å². The molecular formula is C19H16F6N4. The Hall–Kier alpha value is -2.78. The van der Waals surface area contributed by atoms with Crippen molar-refractivity contribution in [2.24, 2.45) is 4.99 Å². The van der Waals surface area contributed by atoms with Crippen LogP contribution in [-0.2, 0) is 6.18 Å². The molecule has 0 N–H and O–H groups in total. The highest BCUT2D eigenvalue weighted by Gasteiger charge is 2.43. The van der Waals surface area contributed by atoms with E-state index in [1.54, 1.807) is 18.0 Å². The summed E-state index contributed by atoms with van der Waals surface area (Å²) in [7, 11) is 1.68. The summed E-state index contributed by atoms with van der Waals surface area (Å²) < 4.78 is 80.0. The molecule has 0 amide bonds. The largest absolute Gasteiger partial charge is 0.416 e. The smallest absolute Gasteiger partial charge is 0.329 e. The van der Waals surface area contributed by atoms with E-state index in [4.69, 9.17) is 0 Å². The van der Waals surface area contributed by atoms with Crippen LogP contribution in [0.5, 0.6) is 0 Å². The van der Waals surface area contributed by atoms with Crippen molar-refractivity contribution in [3.63, 3.8) is 0 Å². The van der Waals surface area contributed by atoms with Crippen molar-refractivity contribution in [3.8, 4) is 5.69 Å². The van der Waals surface area contributed by atoms with Crippen molar-refractivity contribution in [3.05, 3.63) is 47.7 Å². The van der Waals surface area contributed by atoms with Gasteiger partial charge in [0.2, 0.25) is 0 Å². The second-order valence-electron chi connectivity index (χ2n) is 7.13. The number of halogens is 6. The predicted octanol–water partition coefficient (Wildman–Crippen LogP) is 5.19. The Balaban J connectivity index is 1.77. The summed E-state index contributed by atoms with van der Waals surface area (Å²) in [6.07, 6.45) is -7.72. The van der Waals surface area contributed by atoms with Crippen molar-refractivity contribution in [1.29, 1.82) is 0 Å². The molecule has 2 aliphatic rings. The first-order chi connectivity index (χ1) is 13.5. The third-order valence-electron chi connectivity index (χ3n) is 5.30. The SMILES string of the molecule is C=C1c2ccc(C(F)(F)F)cc2-n2nc(C3CC=NC(C(F)(F)F)C3)cc2N1C. The van der Waals surface area contributed by atoms with Crippen LogP contribution >= 0.6 is 0 Å². The zero-order valence-corrected chi connectivity index (χ0v) is 15.2. The number of fused-ring (bicyclic) bond motifs is 3. The topological polar surface area (TPSA) is 33.4 Å².